The Morgan fingerprint density at radius 1 is 1.11 bits per heavy atom. The van der Waals surface area contributed by atoms with Gasteiger partial charge < -0.3 is 4.90 Å². The molecule has 4 aromatic rings. The molecule has 1 aromatic carbocycles. The second kappa shape index (κ2) is 6.38. The van der Waals surface area contributed by atoms with Crippen molar-refractivity contribution in [1.29, 1.82) is 0 Å². The van der Waals surface area contributed by atoms with Crippen LogP contribution < -0.4 is 15.4 Å². The van der Waals surface area contributed by atoms with E-state index in [4.69, 9.17) is 0 Å². The summed E-state index contributed by atoms with van der Waals surface area (Å²) in [5, 5.41) is 2.35. The fraction of sp³-hybridized carbons (Fsp3) is 0.211. The molecule has 0 atom stereocenters. The molecule has 0 saturated heterocycles. The van der Waals surface area contributed by atoms with Crippen molar-refractivity contribution in [3.05, 3.63) is 52.4 Å². The zero-order valence-electron chi connectivity index (χ0n) is 15.1. The fourth-order valence-corrected chi connectivity index (χ4v) is 4.08. The van der Waals surface area contributed by atoms with Gasteiger partial charge in [-0.1, -0.05) is 12.1 Å². The molecule has 1 amide bonds. The molecule has 1 aliphatic heterocycles. The van der Waals surface area contributed by atoms with E-state index in [0.29, 0.717) is 34.9 Å². The maximum atomic E-state index is 13.1. The van der Waals surface area contributed by atoms with Crippen LogP contribution in [0.5, 0.6) is 0 Å². The highest BCUT2D eigenvalue weighted by Gasteiger charge is 2.28. The van der Waals surface area contributed by atoms with E-state index < -0.39 is 0 Å². The Balaban J connectivity index is 1.53. The van der Waals surface area contributed by atoms with E-state index >= 15 is 0 Å². The van der Waals surface area contributed by atoms with E-state index in [1.165, 1.54) is 22.2 Å². The van der Waals surface area contributed by atoms with Crippen molar-refractivity contribution < 1.29 is 4.79 Å². The maximum absolute atomic E-state index is 13.1. The lowest BCUT2D eigenvalue weighted by molar-refractivity contribution is -0.119. The van der Waals surface area contributed by atoms with Crippen LogP contribution in [0.2, 0.25) is 0 Å². The number of nitrogens with zero attached hydrogens (tertiary/aromatic N) is 6. The fourth-order valence-electron chi connectivity index (χ4n) is 3.36. The van der Waals surface area contributed by atoms with E-state index in [9.17, 15) is 9.59 Å². The topological polar surface area (TPSA) is 84.2 Å². The highest BCUT2D eigenvalue weighted by atomic mass is 32.1. The quantitative estimate of drug-likeness (QED) is 0.518. The minimum Gasteiger partial charge on any atom is -0.355 e. The van der Waals surface area contributed by atoms with Gasteiger partial charge in [-0.15, -0.1) is 11.3 Å². The Morgan fingerprint density at radius 2 is 1.86 bits per heavy atom. The highest BCUT2D eigenvalue weighted by Crippen LogP contribution is 2.30. The molecule has 0 radical (unpaired) electrons. The molecule has 28 heavy (non-hydrogen) atoms. The van der Waals surface area contributed by atoms with Crippen LogP contribution in [0, 0.1) is 0 Å². The number of amides is 1. The molecule has 8 nitrogen and oxygen atoms in total. The summed E-state index contributed by atoms with van der Waals surface area (Å²) in [6, 6.07) is 9.31. The lowest BCUT2D eigenvalue weighted by atomic mass is 10.2. The van der Waals surface area contributed by atoms with Gasteiger partial charge in [0.1, 0.15) is 11.4 Å². The Bertz CT molecular complexity index is 1280. The van der Waals surface area contributed by atoms with Gasteiger partial charge in [0.05, 0.1) is 22.7 Å². The zero-order chi connectivity index (χ0) is 19.3. The number of rotatable bonds is 2. The lowest BCUT2D eigenvalue weighted by Crippen LogP contribution is -2.45. The van der Waals surface area contributed by atoms with Gasteiger partial charge in [0, 0.05) is 20.1 Å². The average Bonchev–Trinajstić information content (AvgIpc) is 3.19. The van der Waals surface area contributed by atoms with Crippen molar-refractivity contribution in [2.45, 2.75) is 6.54 Å². The molecule has 1 aliphatic rings. The average molecular weight is 392 g/mol. The third kappa shape index (κ3) is 2.63. The maximum Gasteiger partial charge on any atom is 0.262 e. The molecule has 5 rings (SSSR count). The summed E-state index contributed by atoms with van der Waals surface area (Å²) < 4.78 is 1.35. The van der Waals surface area contributed by atoms with Crippen LogP contribution in [0.1, 0.15) is 0 Å². The zero-order valence-corrected chi connectivity index (χ0v) is 15.9. The molecule has 0 N–H and O–H groups in total. The number of aromatic nitrogens is 4. The number of hydrogen-bond donors (Lipinski definition) is 0. The number of para-hydroxylation sites is 2. The first-order chi connectivity index (χ1) is 13.6. The minimum absolute atomic E-state index is 0.0880. The molecular formula is C19H16N6O2S. The summed E-state index contributed by atoms with van der Waals surface area (Å²) >= 11 is 1.41. The molecule has 4 heterocycles. The first kappa shape index (κ1) is 16.8. The van der Waals surface area contributed by atoms with E-state index in [-0.39, 0.29) is 18.0 Å². The van der Waals surface area contributed by atoms with E-state index in [1.807, 2.05) is 41.6 Å². The van der Waals surface area contributed by atoms with Crippen LogP contribution in [0.3, 0.4) is 0 Å². The molecule has 0 saturated carbocycles. The Hall–Kier alpha value is -3.33. The molecular weight excluding hydrogens is 376 g/mol. The predicted octanol–water partition coefficient (Wildman–Crippen LogP) is 1.88. The molecule has 0 fully saturated rings. The van der Waals surface area contributed by atoms with Crippen LogP contribution in [-0.2, 0) is 11.3 Å². The van der Waals surface area contributed by atoms with Gasteiger partial charge in [-0.05, 0) is 23.6 Å². The number of carbonyl (C=O) groups is 1. The largest absolute Gasteiger partial charge is 0.355 e. The van der Waals surface area contributed by atoms with Crippen LogP contribution in [-0.4, -0.2) is 45.6 Å². The normalized spacial score (nSPS) is 13.9. The Kier molecular flexibility index (Phi) is 3.83. The van der Waals surface area contributed by atoms with Gasteiger partial charge in [0.2, 0.25) is 5.91 Å². The first-order valence-corrected chi connectivity index (χ1v) is 9.71. The van der Waals surface area contributed by atoms with Crippen molar-refractivity contribution >= 4 is 50.1 Å². The number of hydrogen-bond acceptors (Lipinski definition) is 7. The third-order valence-electron chi connectivity index (χ3n) is 4.87. The number of benzene rings is 1. The van der Waals surface area contributed by atoms with Crippen LogP contribution in [0.4, 0.5) is 11.6 Å². The molecule has 0 unspecified atom stereocenters. The van der Waals surface area contributed by atoms with Gasteiger partial charge in [-0.25, -0.2) is 15.0 Å². The summed E-state index contributed by atoms with van der Waals surface area (Å²) in [5.41, 5.74) is 1.30. The summed E-state index contributed by atoms with van der Waals surface area (Å²) in [4.78, 5) is 43.6. The second-order valence-corrected chi connectivity index (χ2v) is 7.54. The molecule has 0 bridgehead atoms. The van der Waals surface area contributed by atoms with Gasteiger partial charge >= 0.3 is 0 Å². The minimum atomic E-state index is -0.211. The third-order valence-corrected chi connectivity index (χ3v) is 5.69. The van der Waals surface area contributed by atoms with Crippen LogP contribution in [0.15, 0.2) is 46.8 Å². The van der Waals surface area contributed by atoms with Crippen LogP contribution in [0.25, 0.3) is 21.3 Å². The van der Waals surface area contributed by atoms with E-state index in [1.54, 1.807) is 11.0 Å². The summed E-state index contributed by atoms with van der Waals surface area (Å²) in [5.74, 6) is 0.976. The van der Waals surface area contributed by atoms with E-state index in [2.05, 4.69) is 15.0 Å². The SMILES string of the molecule is CN1CCN(C(=O)Cn2cnc3sccc3c2=O)c2nc3ccccc3nc21. The number of anilines is 2. The van der Waals surface area contributed by atoms with Gasteiger partial charge in [-0.2, -0.15) is 0 Å². The van der Waals surface area contributed by atoms with Crippen molar-refractivity contribution in [2.75, 3.05) is 29.9 Å². The summed E-state index contributed by atoms with van der Waals surface area (Å²) in [7, 11) is 1.93. The van der Waals surface area contributed by atoms with E-state index in [0.717, 1.165) is 11.0 Å². The number of thiophene rings is 1. The number of carbonyl (C=O) groups excluding carboxylic acids is 1. The monoisotopic (exact) mass is 392 g/mol. The summed E-state index contributed by atoms with van der Waals surface area (Å²) in [6.07, 6.45) is 1.43. The molecule has 140 valence electrons. The second-order valence-electron chi connectivity index (χ2n) is 6.64. The highest BCUT2D eigenvalue weighted by molar-refractivity contribution is 7.16. The molecule has 0 spiro atoms. The Labute approximate surface area is 163 Å². The predicted molar refractivity (Wildman–Crippen MR) is 109 cm³/mol. The van der Waals surface area contributed by atoms with Crippen molar-refractivity contribution in [3.63, 3.8) is 0 Å². The lowest BCUT2D eigenvalue weighted by Gasteiger charge is -2.33. The standard InChI is InChI=1S/C19H16N6O2S/c1-23-7-8-25(17-16(23)21-13-4-2-3-5-14(13)22-17)15(26)10-24-11-20-18-12(19(24)27)6-9-28-18/h2-6,9,11H,7-8,10H2,1H3. The van der Waals surface area contributed by atoms with Gasteiger partial charge in [-0.3, -0.25) is 19.1 Å². The first-order valence-electron chi connectivity index (χ1n) is 8.83. The van der Waals surface area contributed by atoms with Gasteiger partial charge in [0.25, 0.3) is 5.56 Å². The van der Waals surface area contributed by atoms with Gasteiger partial charge in [0.15, 0.2) is 11.6 Å². The summed E-state index contributed by atoms with van der Waals surface area (Å²) in [6.45, 7) is 1.04. The smallest absolute Gasteiger partial charge is 0.262 e. The van der Waals surface area contributed by atoms with Crippen molar-refractivity contribution in [3.8, 4) is 0 Å². The molecule has 0 aliphatic carbocycles. The molecule has 3 aromatic heterocycles. The molecule has 9 heteroatoms. The number of fused-ring (bicyclic) bond motifs is 3. The van der Waals surface area contributed by atoms with Crippen LogP contribution >= 0.6 is 11.3 Å². The number of likely N-dealkylation sites (N-methyl/N-ethyl adjacent to an activating group) is 1. The van der Waals surface area contributed by atoms with Crippen molar-refractivity contribution in [1.82, 2.24) is 19.5 Å². The van der Waals surface area contributed by atoms with Crippen molar-refractivity contribution in [2.24, 2.45) is 0 Å². The Morgan fingerprint density at radius 3 is 2.64 bits per heavy atom.